The Labute approximate surface area is 578 Å². The third-order valence-corrected chi connectivity index (χ3v) is 17.9. The fourth-order valence-corrected chi connectivity index (χ4v) is 11.9. The van der Waals surface area contributed by atoms with Gasteiger partial charge >= 0.3 is 0 Å². The Bertz CT molecular complexity index is 2060. The Hall–Kier alpha value is -3.61. The van der Waals surface area contributed by atoms with Crippen molar-refractivity contribution in [2.75, 3.05) is 19.8 Å². The van der Waals surface area contributed by atoms with Crippen LogP contribution in [0.3, 0.4) is 0 Å². The molecule has 0 bridgehead atoms. The fourth-order valence-electron chi connectivity index (χ4n) is 11.9. The molecule has 2 heterocycles. The van der Waals surface area contributed by atoms with E-state index in [9.17, 15) is 45.6 Å². The zero-order valence-electron chi connectivity index (χ0n) is 59.6. The number of aliphatic hydroxyl groups is 8. The van der Waals surface area contributed by atoms with Gasteiger partial charge in [-0.1, -0.05) is 315 Å². The van der Waals surface area contributed by atoms with Crippen molar-refractivity contribution in [1.29, 1.82) is 0 Å². The minimum absolute atomic E-state index is 0.248. The maximum Gasteiger partial charge on any atom is 0.220 e. The van der Waals surface area contributed by atoms with Crippen molar-refractivity contribution >= 4 is 5.91 Å². The number of ether oxygens (including phenoxy) is 4. The second kappa shape index (κ2) is 63.8. The van der Waals surface area contributed by atoms with Gasteiger partial charge in [-0.3, -0.25) is 4.79 Å². The summed E-state index contributed by atoms with van der Waals surface area (Å²) in [5.41, 5.74) is 0. The first-order valence-electron chi connectivity index (χ1n) is 38.3. The Kier molecular flexibility index (Phi) is 58.8. The lowest BCUT2D eigenvalue weighted by Crippen LogP contribution is -2.65. The van der Waals surface area contributed by atoms with Crippen LogP contribution in [-0.2, 0) is 23.7 Å². The standard InChI is InChI=1S/C81H139NO13/c1-3-5-7-9-11-13-15-17-19-21-23-25-27-29-30-31-32-33-34-35-36-37-38-39-40-41-43-45-47-49-51-53-55-57-59-61-63-65-73(86)82-69(68-92-80-78(91)76(89)79(72(67-84)94-80)95-81-77(90)75(88)74(87)71(66-83)93-81)70(85)64-62-60-58-56-54-52-50-48-46-44-42-28-26-24-22-20-18-16-14-12-10-8-6-4-2/h5,7,11,13,17,19,23,25,29-30,32-33,35-36,38-39,41,43,62,64,69-72,74-81,83-85,87-91H,3-4,6,8-10,12,14-16,18,20-22,24,26-28,31,34,37,40,42,44-61,63,65-68H2,1-2H3,(H,82,86)/b7-5-,13-11-,19-17-,25-23-,30-29-,33-32-,36-35-,39-38-,43-41-,64-62+. The number of unbranched alkanes of at least 4 members (excludes halogenated alkanes) is 31. The highest BCUT2D eigenvalue weighted by atomic mass is 16.7. The first kappa shape index (κ1) is 87.5. The van der Waals surface area contributed by atoms with E-state index in [0.717, 1.165) is 103 Å². The van der Waals surface area contributed by atoms with E-state index in [-0.39, 0.29) is 18.9 Å². The predicted molar refractivity (Wildman–Crippen MR) is 392 cm³/mol. The quantitative estimate of drug-likeness (QED) is 0.0204. The molecule has 0 aliphatic carbocycles. The van der Waals surface area contributed by atoms with Crippen LogP contribution in [0, 0.1) is 0 Å². The summed E-state index contributed by atoms with van der Waals surface area (Å²) in [5.74, 6) is -0.248. The average molecular weight is 1330 g/mol. The van der Waals surface area contributed by atoms with E-state index in [4.69, 9.17) is 18.9 Å². The van der Waals surface area contributed by atoms with Crippen LogP contribution >= 0.6 is 0 Å². The highest BCUT2D eigenvalue weighted by molar-refractivity contribution is 5.76. The zero-order valence-corrected chi connectivity index (χ0v) is 59.6. The molecule has 1 amide bonds. The molecule has 14 nitrogen and oxygen atoms in total. The van der Waals surface area contributed by atoms with Crippen LogP contribution in [0.1, 0.15) is 290 Å². The summed E-state index contributed by atoms with van der Waals surface area (Å²) in [6.07, 6.45) is 76.8. The molecular weight excluding hydrogens is 1190 g/mol. The summed E-state index contributed by atoms with van der Waals surface area (Å²) in [7, 11) is 0. The van der Waals surface area contributed by atoms with Crippen LogP contribution in [0.4, 0.5) is 0 Å². The lowest BCUT2D eigenvalue weighted by atomic mass is 9.97. The average Bonchev–Trinajstić information content (AvgIpc) is 0.927. The first-order valence-corrected chi connectivity index (χ1v) is 38.3. The molecule has 0 spiro atoms. The van der Waals surface area contributed by atoms with Crippen molar-refractivity contribution in [3.8, 4) is 0 Å². The number of amides is 1. The van der Waals surface area contributed by atoms with Gasteiger partial charge in [-0.2, -0.15) is 0 Å². The zero-order chi connectivity index (χ0) is 68.7. The van der Waals surface area contributed by atoms with Gasteiger partial charge in [0.05, 0.1) is 32.0 Å². The highest BCUT2D eigenvalue weighted by Crippen LogP contribution is 2.30. The number of carbonyl (C=O) groups is 1. The summed E-state index contributed by atoms with van der Waals surface area (Å²) in [5, 5.41) is 87.6. The second-order valence-corrected chi connectivity index (χ2v) is 26.4. The van der Waals surface area contributed by atoms with E-state index >= 15 is 0 Å². The second-order valence-electron chi connectivity index (χ2n) is 26.4. The summed E-state index contributed by atoms with van der Waals surface area (Å²) >= 11 is 0. The van der Waals surface area contributed by atoms with Crippen molar-refractivity contribution in [3.05, 3.63) is 122 Å². The molecule has 0 saturated carbocycles. The van der Waals surface area contributed by atoms with Crippen LogP contribution in [0.25, 0.3) is 0 Å². The molecule has 12 atom stereocenters. The molecule has 0 radical (unpaired) electrons. The van der Waals surface area contributed by atoms with Gasteiger partial charge in [-0.05, 0) is 89.9 Å². The van der Waals surface area contributed by atoms with E-state index in [1.165, 1.54) is 161 Å². The van der Waals surface area contributed by atoms with Crippen LogP contribution < -0.4 is 5.32 Å². The van der Waals surface area contributed by atoms with E-state index in [2.05, 4.69) is 129 Å². The molecular formula is C81H139NO13. The van der Waals surface area contributed by atoms with Gasteiger partial charge in [-0.15, -0.1) is 0 Å². The van der Waals surface area contributed by atoms with Gasteiger partial charge in [0.15, 0.2) is 12.6 Å². The Balaban J connectivity index is 1.65. The number of aliphatic hydroxyl groups excluding tert-OH is 8. The maximum absolute atomic E-state index is 13.4. The summed E-state index contributed by atoms with van der Waals surface area (Å²) < 4.78 is 22.9. The molecule has 2 aliphatic heterocycles. The van der Waals surface area contributed by atoms with Crippen molar-refractivity contribution in [2.45, 2.75) is 364 Å². The van der Waals surface area contributed by atoms with Gasteiger partial charge in [0.1, 0.15) is 48.8 Å². The number of rotatable bonds is 62. The van der Waals surface area contributed by atoms with Crippen LogP contribution in [-0.4, -0.2) is 140 Å². The van der Waals surface area contributed by atoms with Crippen LogP contribution in [0.15, 0.2) is 122 Å². The molecule has 12 unspecified atom stereocenters. The molecule has 0 aromatic rings. The van der Waals surface area contributed by atoms with Crippen LogP contribution in [0.5, 0.6) is 0 Å². The van der Waals surface area contributed by atoms with Gasteiger partial charge in [0.25, 0.3) is 0 Å². The van der Waals surface area contributed by atoms with E-state index in [0.29, 0.717) is 6.42 Å². The van der Waals surface area contributed by atoms with Crippen LogP contribution in [0.2, 0.25) is 0 Å². The normalized spacial score (nSPS) is 23.1. The molecule has 0 aromatic heterocycles. The largest absolute Gasteiger partial charge is 0.394 e. The number of carbonyl (C=O) groups excluding carboxylic acids is 1. The predicted octanol–water partition coefficient (Wildman–Crippen LogP) is 16.8. The van der Waals surface area contributed by atoms with E-state index in [1.54, 1.807) is 6.08 Å². The third kappa shape index (κ3) is 47.1. The third-order valence-electron chi connectivity index (χ3n) is 17.9. The molecule has 2 saturated heterocycles. The summed E-state index contributed by atoms with van der Waals surface area (Å²) in [6.45, 7) is 2.71. The highest BCUT2D eigenvalue weighted by Gasteiger charge is 2.51. The molecule has 14 heteroatoms. The molecule has 95 heavy (non-hydrogen) atoms. The van der Waals surface area contributed by atoms with Crippen molar-refractivity contribution < 1.29 is 64.6 Å². The number of hydrogen-bond acceptors (Lipinski definition) is 13. The van der Waals surface area contributed by atoms with E-state index in [1.807, 2.05) is 6.08 Å². The molecule has 2 fully saturated rings. The fraction of sp³-hybridized carbons (Fsp3) is 0.741. The number of allylic oxidation sites excluding steroid dienone is 19. The van der Waals surface area contributed by atoms with Crippen molar-refractivity contribution in [2.24, 2.45) is 0 Å². The minimum Gasteiger partial charge on any atom is -0.394 e. The van der Waals surface area contributed by atoms with E-state index < -0.39 is 86.8 Å². The smallest absolute Gasteiger partial charge is 0.220 e. The Morgan fingerprint density at radius 3 is 1.12 bits per heavy atom. The van der Waals surface area contributed by atoms with Gasteiger partial charge in [0.2, 0.25) is 5.91 Å². The SMILES string of the molecule is CC/C=C\C/C=C\C/C=C\C/C=C\C/C=C\C/C=C\C/C=C\C/C=C\C/C=C\CCCCCCCCCCCC(=O)NC(COC1OC(CO)C(OC2OC(CO)C(O)C(O)C2O)C(O)C1O)C(O)/C=C/CCCCCCCCCCCCCCCCCCCCCCCC. The molecule has 546 valence electrons. The Morgan fingerprint density at radius 1 is 0.389 bits per heavy atom. The lowest BCUT2D eigenvalue weighted by Gasteiger charge is -2.46. The van der Waals surface area contributed by atoms with Crippen molar-refractivity contribution in [3.63, 3.8) is 0 Å². The molecule has 0 aromatic carbocycles. The Morgan fingerprint density at radius 2 is 0.726 bits per heavy atom. The molecule has 2 rings (SSSR count). The minimum atomic E-state index is -1.79. The lowest BCUT2D eigenvalue weighted by molar-refractivity contribution is -0.359. The van der Waals surface area contributed by atoms with Gasteiger partial charge in [0, 0.05) is 6.42 Å². The van der Waals surface area contributed by atoms with Crippen molar-refractivity contribution in [1.82, 2.24) is 5.32 Å². The van der Waals surface area contributed by atoms with Gasteiger partial charge < -0.3 is 65.1 Å². The summed E-state index contributed by atoms with van der Waals surface area (Å²) in [6, 6.07) is -0.928. The number of hydrogen-bond donors (Lipinski definition) is 9. The topological polar surface area (TPSA) is 228 Å². The monoisotopic (exact) mass is 1330 g/mol. The maximum atomic E-state index is 13.4. The number of nitrogens with one attached hydrogen (secondary N) is 1. The molecule has 2 aliphatic rings. The van der Waals surface area contributed by atoms with Gasteiger partial charge in [-0.25, -0.2) is 0 Å². The molecule has 9 N–H and O–H groups in total. The summed E-state index contributed by atoms with van der Waals surface area (Å²) in [4.78, 5) is 13.4. The first-order chi connectivity index (χ1) is 46.6.